The van der Waals surface area contributed by atoms with Gasteiger partial charge in [0.1, 0.15) is 17.1 Å². The van der Waals surface area contributed by atoms with E-state index in [2.05, 4.69) is 0 Å². The number of hydrogen-bond donors (Lipinski definition) is 0. The quantitative estimate of drug-likeness (QED) is 0.237. The lowest BCUT2D eigenvalue weighted by Gasteiger charge is -2.14. The first-order valence-corrected chi connectivity index (χ1v) is 11.5. The summed E-state index contributed by atoms with van der Waals surface area (Å²) in [6.45, 7) is 3.12. The van der Waals surface area contributed by atoms with Crippen LogP contribution in [0.5, 0.6) is 17.2 Å². The van der Waals surface area contributed by atoms with Crippen LogP contribution in [-0.4, -0.2) is 18.7 Å². The summed E-state index contributed by atoms with van der Waals surface area (Å²) < 4.78 is 62.4. The summed E-state index contributed by atoms with van der Waals surface area (Å²) in [5.74, 6) is -3.11. The molecule has 1 unspecified atom stereocenters. The summed E-state index contributed by atoms with van der Waals surface area (Å²) in [4.78, 5) is 24.8. The summed E-state index contributed by atoms with van der Waals surface area (Å²) in [5, 5.41) is -0.140. The molecule has 0 saturated heterocycles. The molecule has 0 aliphatic rings. The highest BCUT2D eigenvalue weighted by Crippen LogP contribution is 2.39. The highest BCUT2D eigenvalue weighted by molar-refractivity contribution is 5.80. The van der Waals surface area contributed by atoms with Gasteiger partial charge in [0.05, 0.1) is 11.5 Å². The van der Waals surface area contributed by atoms with Gasteiger partial charge in [0, 0.05) is 6.07 Å². The Kier molecular flexibility index (Phi) is 7.52. The summed E-state index contributed by atoms with van der Waals surface area (Å²) in [6.07, 6.45) is -4.69. The van der Waals surface area contributed by atoms with E-state index in [9.17, 15) is 22.8 Å². The molecule has 0 saturated carbocycles. The van der Waals surface area contributed by atoms with Crippen LogP contribution < -0.4 is 14.9 Å². The number of benzene rings is 3. The van der Waals surface area contributed by atoms with Crippen molar-refractivity contribution < 1.29 is 36.6 Å². The molecule has 1 aromatic heterocycles. The monoisotopic (exact) mass is 512 g/mol. The van der Waals surface area contributed by atoms with Crippen LogP contribution in [0, 0.1) is 0 Å². The van der Waals surface area contributed by atoms with Crippen molar-refractivity contribution in [1.82, 2.24) is 0 Å². The fraction of sp³-hybridized carbons (Fsp3) is 0.214. The molecule has 4 aromatic rings. The van der Waals surface area contributed by atoms with Gasteiger partial charge in [-0.05, 0) is 48.7 Å². The summed E-state index contributed by atoms with van der Waals surface area (Å²) >= 11 is 0. The first-order chi connectivity index (χ1) is 17.7. The molecule has 0 bridgehead atoms. The van der Waals surface area contributed by atoms with Crippen LogP contribution in [0.2, 0.25) is 0 Å². The van der Waals surface area contributed by atoms with Crippen LogP contribution in [0.4, 0.5) is 13.2 Å². The Balaban J connectivity index is 1.63. The van der Waals surface area contributed by atoms with Crippen LogP contribution in [-0.2, 0) is 15.7 Å². The van der Waals surface area contributed by atoms with Crippen LogP contribution in [0.3, 0.4) is 0 Å². The number of rotatable bonds is 8. The Morgan fingerprint density at radius 3 is 2.24 bits per heavy atom. The van der Waals surface area contributed by atoms with Gasteiger partial charge in [-0.15, -0.1) is 0 Å². The minimum absolute atomic E-state index is 0.0371. The molecule has 0 fully saturated rings. The number of ether oxygens (including phenoxy) is 3. The Morgan fingerprint density at radius 1 is 0.946 bits per heavy atom. The van der Waals surface area contributed by atoms with E-state index in [1.54, 1.807) is 19.1 Å². The van der Waals surface area contributed by atoms with Gasteiger partial charge in [0.2, 0.25) is 11.2 Å². The molecule has 192 valence electrons. The van der Waals surface area contributed by atoms with Crippen molar-refractivity contribution >= 4 is 16.9 Å². The van der Waals surface area contributed by atoms with Gasteiger partial charge in [0.15, 0.2) is 6.61 Å². The Bertz CT molecular complexity index is 1440. The maximum Gasteiger partial charge on any atom is 0.453 e. The molecular weight excluding hydrogens is 489 g/mol. The third kappa shape index (κ3) is 6.11. The van der Waals surface area contributed by atoms with Crippen LogP contribution in [0.15, 0.2) is 82.0 Å². The van der Waals surface area contributed by atoms with Crippen molar-refractivity contribution in [2.24, 2.45) is 0 Å². The largest absolute Gasteiger partial charge is 0.482 e. The first-order valence-electron chi connectivity index (χ1n) is 11.5. The molecule has 0 spiro atoms. The molecule has 37 heavy (non-hydrogen) atoms. The predicted molar refractivity (Wildman–Crippen MR) is 131 cm³/mol. The van der Waals surface area contributed by atoms with Gasteiger partial charge in [-0.25, -0.2) is 4.79 Å². The lowest BCUT2D eigenvalue weighted by atomic mass is 10.1. The molecular formula is C28H23F3O6. The first kappa shape index (κ1) is 25.8. The van der Waals surface area contributed by atoms with Crippen molar-refractivity contribution in [1.29, 1.82) is 0 Å². The fourth-order valence-corrected chi connectivity index (χ4v) is 3.47. The lowest BCUT2D eigenvalue weighted by molar-refractivity contribution is -0.154. The highest BCUT2D eigenvalue weighted by atomic mass is 19.4. The summed E-state index contributed by atoms with van der Waals surface area (Å²) in [6, 6.07) is 19.4. The third-order valence-electron chi connectivity index (χ3n) is 5.53. The van der Waals surface area contributed by atoms with Gasteiger partial charge in [-0.3, -0.25) is 4.79 Å². The van der Waals surface area contributed by atoms with E-state index in [1.165, 1.54) is 24.3 Å². The number of carbonyl (C=O) groups is 1. The Hall–Kier alpha value is -4.27. The Morgan fingerprint density at radius 2 is 1.59 bits per heavy atom. The molecule has 3 aromatic carbocycles. The maximum absolute atomic E-state index is 13.8. The normalized spacial score (nSPS) is 12.2. The van der Waals surface area contributed by atoms with Gasteiger partial charge < -0.3 is 18.6 Å². The predicted octanol–water partition coefficient (Wildman–Crippen LogP) is 6.99. The number of carbonyl (C=O) groups excluding carboxylic acids is 1. The molecule has 9 heteroatoms. The molecule has 0 N–H and O–H groups in total. The minimum atomic E-state index is -5.01. The van der Waals surface area contributed by atoms with Crippen molar-refractivity contribution in [3.8, 4) is 28.4 Å². The van der Waals surface area contributed by atoms with E-state index in [0.29, 0.717) is 6.42 Å². The van der Waals surface area contributed by atoms with Crippen LogP contribution in [0.1, 0.15) is 26.0 Å². The maximum atomic E-state index is 13.8. The van der Waals surface area contributed by atoms with E-state index >= 15 is 0 Å². The zero-order chi connectivity index (χ0) is 26.6. The molecule has 6 nitrogen and oxygen atoms in total. The van der Waals surface area contributed by atoms with E-state index in [1.807, 2.05) is 37.3 Å². The van der Waals surface area contributed by atoms with Gasteiger partial charge >= 0.3 is 12.1 Å². The molecule has 1 heterocycles. The molecule has 0 aliphatic carbocycles. The number of fused-ring (bicyclic) bond motifs is 1. The summed E-state index contributed by atoms with van der Waals surface area (Å²) in [7, 11) is 0. The minimum Gasteiger partial charge on any atom is -0.482 e. The van der Waals surface area contributed by atoms with Crippen molar-refractivity contribution in [3.63, 3.8) is 0 Å². The smallest absolute Gasteiger partial charge is 0.453 e. The topological polar surface area (TPSA) is 75.0 Å². The van der Waals surface area contributed by atoms with Gasteiger partial charge in [0.25, 0.3) is 5.76 Å². The zero-order valence-electron chi connectivity index (χ0n) is 20.0. The second-order valence-electron chi connectivity index (χ2n) is 8.24. The van der Waals surface area contributed by atoms with Crippen LogP contribution in [0.25, 0.3) is 22.1 Å². The van der Waals surface area contributed by atoms with Gasteiger partial charge in [-0.2, -0.15) is 13.2 Å². The zero-order valence-corrected chi connectivity index (χ0v) is 20.0. The van der Waals surface area contributed by atoms with Gasteiger partial charge in [-0.1, -0.05) is 49.4 Å². The van der Waals surface area contributed by atoms with E-state index in [4.69, 9.17) is 18.6 Å². The molecule has 0 amide bonds. The van der Waals surface area contributed by atoms with Crippen molar-refractivity contribution in [2.45, 2.75) is 32.5 Å². The molecule has 4 rings (SSSR count). The lowest BCUT2D eigenvalue weighted by Crippen LogP contribution is -2.20. The second kappa shape index (κ2) is 10.8. The summed E-state index contributed by atoms with van der Waals surface area (Å²) in [5.41, 5.74) is 0.386. The molecule has 0 aliphatic heterocycles. The van der Waals surface area contributed by atoms with Crippen molar-refractivity contribution in [2.75, 3.05) is 6.61 Å². The molecule has 0 radical (unpaired) electrons. The number of hydrogen-bond acceptors (Lipinski definition) is 6. The number of esters is 1. The van der Waals surface area contributed by atoms with E-state index in [-0.39, 0.29) is 28.6 Å². The Labute approximate surface area is 210 Å². The van der Waals surface area contributed by atoms with E-state index in [0.717, 1.165) is 17.2 Å². The average molecular weight is 512 g/mol. The van der Waals surface area contributed by atoms with Crippen LogP contribution >= 0.6 is 0 Å². The number of alkyl halides is 3. The van der Waals surface area contributed by atoms with Crippen molar-refractivity contribution in [3.05, 3.63) is 88.8 Å². The fourth-order valence-electron chi connectivity index (χ4n) is 3.47. The SMILES string of the molecule is CCC(C)OC(=O)COc1ccc2c(=O)c(Oc3ccc(-c4ccccc4)cc3)c(C(F)(F)F)oc2c1. The third-order valence-corrected chi connectivity index (χ3v) is 5.53. The molecule has 1 atom stereocenters. The number of halogens is 3. The average Bonchev–Trinajstić information content (AvgIpc) is 2.89. The highest BCUT2D eigenvalue weighted by Gasteiger charge is 2.40. The second-order valence-corrected chi connectivity index (χ2v) is 8.24. The van der Waals surface area contributed by atoms with E-state index < -0.39 is 35.7 Å². The standard InChI is InChI=1S/C28H23F3O6/c1-3-17(2)35-24(32)16-34-21-13-14-22-23(15-21)37-27(28(29,30)31)26(25(22)33)36-20-11-9-19(10-12-20)18-7-5-4-6-8-18/h4-15,17H,3,16H2,1-2H3.